The molecule has 1 fully saturated rings. The van der Waals surface area contributed by atoms with Gasteiger partial charge in [0.05, 0.1) is 11.4 Å². The molecule has 0 aromatic heterocycles. The summed E-state index contributed by atoms with van der Waals surface area (Å²) in [4.78, 5) is 16.4. The Morgan fingerprint density at radius 2 is 1.67 bits per heavy atom. The SMILES string of the molecule is Cc1cccc2c1N(CCC(CCC(Cc1ccccc1)C(=O)c1ccccc1)C1CCCNC1)C(COc1ccc(Cl)cc1)N2. The number of ketones is 1. The number of ether oxygens (including phenoxy) is 1. The van der Waals surface area contributed by atoms with Gasteiger partial charge in [-0.05, 0) is 112 Å². The number of piperidine rings is 1. The molecule has 0 saturated carbocycles. The highest BCUT2D eigenvalue weighted by molar-refractivity contribution is 6.30. The van der Waals surface area contributed by atoms with Crippen molar-refractivity contribution in [3.63, 3.8) is 0 Å². The molecule has 6 heteroatoms. The number of nitrogens with zero attached hydrogens (tertiary/aromatic N) is 1. The molecule has 0 amide bonds. The summed E-state index contributed by atoms with van der Waals surface area (Å²) < 4.78 is 6.26. The van der Waals surface area contributed by atoms with Crippen molar-refractivity contribution < 1.29 is 9.53 Å². The first-order chi connectivity index (χ1) is 22.5. The summed E-state index contributed by atoms with van der Waals surface area (Å²) in [5.41, 5.74) is 5.75. The standard InChI is InChI=1S/C40H46ClN3O2/c1-29-10-8-16-37-39(29)44(38(43-37)28-46-36-21-19-35(41)20-22-36)25-23-31(34-15-9-24-42-27-34)17-18-33(26-30-11-4-2-5-12-30)40(45)32-13-6-3-7-14-32/h2-8,10-14,16,19-22,31,33-34,38,42-43H,9,15,17-18,23-28H2,1H3. The third-order valence-corrected chi connectivity index (χ3v) is 10.1. The highest BCUT2D eigenvalue weighted by Gasteiger charge is 2.33. The summed E-state index contributed by atoms with van der Waals surface area (Å²) in [6.07, 6.45) is 6.25. The number of anilines is 2. The van der Waals surface area contributed by atoms with Crippen LogP contribution in [0, 0.1) is 24.7 Å². The predicted molar refractivity (Wildman–Crippen MR) is 190 cm³/mol. The third kappa shape index (κ3) is 8.12. The van der Waals surface area contributed by atoms with Gasteiger partial charge in [0, 0.05) is 23.0 Å². The summed E-state index contributed by atoms with van der Waals surface area (Å²) in [6, 6.07) is 34.4. The van der Waals surface area contributed by atoms with Crippen LogP contribution in [0.3, 0.4) is 0 Å². The summed E-state index contributed by atoms with van der Waals surface area (Å²) in [5.74, 6) is 2.16. The molecule has 4 aromatic rings. The quantitative estimate of drug-likeness (QED) is 0.136. The number of Topliss-reactive ketones (excluding diaryl/α,β-unsaturated/α-hetero) is 1. The van der Waals surface area contributed by atoms with Crippen LogP contribution in [0.15, 0.2) is 103 Å². The number of hydrogen-bond acceptors (Lipinski definition) is 5. The van der Waals surface area contributed by atoms with Gasteiger partial charge in [0.2, 0.25) is 0 Å². The number of rotatable bonds is 14. The summed E-state index contributed by atoms with van der Waals surface area (Å²) in [5, 5.41) is 8.12. The molecular weight excluding hydrogens is 590 g/mol. The Balaban J connectivity index is 1.19. The third-order valence-electron chi connectivity index (χ3n) is 9.83. The number of nitrogens with one attached hydrogen (secondary N) is 2. The van der Waals surface area contributed by atoms with E-state index in [1.165, 1.54) is 29.7 Å². The minimum Gasteiger partial charge on any atom is -0.489 e. The molecule has 0 spiro atoms. The molecule has 2 heterocycles. The minimum absolute atomic E-state index is 0.0300. The number of carbonyl (C=O) groups is 1. The van der Waals surface area contributed by atoms with Gasteiger partial charge in [0.15, 0.2) is 5.78 Å². The van der Waals surface area contributed by atoms with Gasteiger partial charge in [0.25, 0.3) is 0 Å². The zero-order valence-corrected chi connectivity index (χ0v) is 27.6. The van der Waals surface area contributed by atoms with E-state index in [2.05, 4.69) is 64.9 Å². The van der Waals surface area contributed by atoms with Crippen molar-refractivity contribution in [2.24, 2.45) is 17.8 Å². The average Bonchev–Trinajstić information content (AvgIpc) is 3.47. The maximum Gasteiger partial charge on any atom is 0.166 e. The second-order valence-electron chi connectivity index (χ2n) is 12.9. The Hall–Kier alpha value is -3.80. The Labute approximate surface area is 279 Å². The van der Waals surface area contributed by atoms with Crippen LogP contribution in [0.4, 0.5) is 11.4 Å². The first-order valence-corrected chi connectivity index (χ1v) is 17.3. The molecule has 4 unspecified atom stereocenters. The lowest BCUT2D eigenvalue weighted by Gasteiger charge is -2.35. The number of hydrogen-bond donors (Lipinski definition) is 2. The van der Waals surface area contributed by atoms with Gasteiger partial charge in [-0.3, -0.25) is 4.79 Å². The van der Waals surface area contributed by atoms with E-state index in [0.717, 1.165) is 62.3 Å². The number of aryl methyl sites for hydroxylation is 1. The highest BCUT2D eigenvalue weighted by Crippen LogP contribution is 2.39. The molecular formula is C40H46ClN3O2. The highest BCUT2D eigenvalue weighted by atomic mass is 35.5. The van der Waals surface area contributed by atoms with Gasteiger partial charge in [-0.15, -0.1) is 0 Å². The van der Waals surface area contributed by atoms with Crippen molar-refractivity contribution >= 4 is 28.8 Å². The van der Waals surface area contributed by atoms with Crippen LogP contribution in [0.1, 0.15) is 53.6 Å². The van der Waals surface area contributed by atoms with Gasteiger partial charge < -0.3 is 20.3 Å². The van der Waals surface area contributed by atoms with E-state index >= 15 is 0 Å². The van der Waals surface area contributed by atoms with Crippen LogP contribution in [0.25, 0.3) is 0 Å². The molecule has 6 rings (SSSR count). The molecule has 1 saturated heterocycles. The van der Waals surface area contributed by atoms with E-state index in [4.69, 9.17) is 16.3 Å². The topological polar surface area (TPSA) is 53.6 Å². The second kappa shape index (κ2) is 15.7. The Morgan fingerprint density at radius 1 is 0.913 bits per heavy atom. The average molecular weight is 636 g/mol. The van der Waals surface area contributed by atoms with E-state index in [-0.39, 0.29) is 17.9 Å². The number of benzene rings is 4. The summed E-state index contributed by atoms with van der Waals surface area (Å²) in [7, 11) is 0. The first kappa shape index (κ1) is 32.2. The maximum absolute atomic E-state index is 13.9. The fraction of sp³-hybridized carbons (Fsp3) is 0.375. The van der Waals surface area contributed by atoms with Crippen molar-refractivity contribution in [1.29, 1.82) is 0 Å². The van der Waals surface area contributed by atoms with E-state index in [0.29, 0.717) is 23.5 Å². The molecule has 46 heavy (non-hydrogen) atoms. The Bertz CT molecular complexity index is 1540. The first-order valence-electron chi connectivity index (χ1n) is 16.9. The second-order valence-corrected chi connectivity index (χ2v) is 13.4. The normalized spacial score (nSPS) is 18.8. The minimum atomic E-state index is -0.0409. The molecule has 4 atom stereocenters. The van der Waals surface area contributed by atoms with Gasteiger partial charge in [-0.2, -0.15) is 0 Å². The van der Waals surface area contributed by atoms with Crippen LogP contribution < -0.4 is 20.3 Å². The van der Waals surface area contributed by atoms with Gasteiger partial charge >= 0.3 is 0 Å². The number of carbonyl (C=O) groups excluding carboxylic acids is 1. The zero-order valence-electron chi connectivity index (χ0n) is 26.8. The van der Waals surface area contributed by atoms with Crippen LogP contribution >= 0.6 is 11.6 Å². The van der Waals surface area contributed by atoms with Crippen molar-refractivity contribution in [2.45, 2.75) is 51.6 Å². The van der Waals surface area contributed by atoms with E-state index < -0.39 is 0 Å². The maximum atomic E-state index is 13.9. The molecule has 0 aliphatic carbocycles. The van der Waals surface area contributed by atoms with Gasteiger partial charge in [-0.25, -0.2) is 0 Å². The molecule has 4 aromatic carbocycles. The lowest BCUT2D eigenvalue weighted by Crippen LogP contribution is -2.43. The molecule has 0 bridgehead atoms. The van der Waals surface area contributed by atoms with Crippen LogP contribution in [-0.4, -0.2) is 38.2 Å². The van der Waals surface area contributed by atoms with E-state index in [9.17, 15) is 4.79 Å². The molecule has 240 valence electrons. The summed E-state index contributed by atoms with van der Waals surface area (Å²) >= 11 is 6.11. The molecule has 5 nitrogen and oxygen atoms in total. The van der Waals surface area contributed by atoms with Gasteiger partial charge in [0.1, 0.15) is 18.5 Å². The lowest BCUT2D eigenvalue weighted by atomic mass is 9.78. The van der Waals surface area contributed by atoms with Crippen molar-refractivity contribution in [1.82, 2.24) is 5.32 Å². The van der Waals surface area contributed by atoms with Crippen molar-refractivity contribution in [2.75, 3.05) is 36.5 Å². The zero-order chi connectivity index (χ0) is 31.7. The Kier molecular flexibility index (Phi) is 10.9. The summed E-state index contributed by atoms with van der Waals surface area (Å²) in [6.45, 7) is 5.80. The number of halogens is 1. The molecule has 2 aliphatic rings. The molecule has 2 aliphatic heterocycles. The number of para-hydroxylation sites is 1. The van der Waals surface area contributed by atoms with Crippen molar-refractivity contribution in [3.05, 3.63) is 125 Å². The van der Waals surface area contributed by atoms with Crippen LogP contribution in [0.5, 0.6) is 5.75 Å². The predicted octanol–water partition coefficient (Wildman–Crippen LogP) is 8.81. The lowest BCUT2D eigenvalue weighted by molar-refractivity contribution is 0.0901. The smallest absolute Gasteiger partial charge is 0.166 e. The van der Waals surface area contributed by atoms with Gasteiger partial charge in [-0.1, -0.05) is 84.4 Å². The molecule has 0 radical (unpaired) electrons. The Morgan fingerprint density at radius 3 is 2.41 bits per heavy atom. The molecule has 2 N–H and O–H groups in total. The van der Waals surface area contributed by atoms with Crippen LogP contribution in [0.2, 0.25) is 5.02 Å². The fourth-order valence-corrected chi connectivity index (χ4v) is 7.48. The van der Waals surface area contributed by atoms with Crippen molar-refractivity contribution in [3.8, 4) is 5.75 Å². The fourth-order valence-electron chi connectivity index (χ4n) is 7.35. The monoisotopic (exact) mass is 635 g/mol. The van der Waals surface area contributed by atoms with Crippen LogP contribution in [-0.2, 0) is 6.42 Å². The van der Waals surface area contributed by atoms with E-state index in [1.807, 2.05) is 60.7 Å². The van der Waals surface area contributed by atoms with E-state index in [1.54, 1.807) is 0 Å². The number of fused-ring (bicyclic) bond motifs is 1. The largest absolute Gasteiger partial charge is 0.489 e.